The zero-order valence-electron chi connectivity index (χ0n) is 7.58. The Morgan fingerprint density at radius 2 is 2.25 bits per heavy atom. The van der Waals surface area contributed by atoms with E-state index < -0.39 is 5.72 Å². The molecule has 0 aromatic carbocycles. The van der Waals surface area contributed by atoms with Gasteiger partial charge in [0, 0.05) is 24.8 Å². The topological polar surface area (TPSA) is 40.5 Å². The second-order valence-electron chi connectivity index (χ2n) is 4.16. The van der Waals surface area contributed by atoms with Gasteiger partial charge >= 0.3 is 0 Å². The van der Waals surface area contributed by atoms with Gasteiger partial charge in [-0.3, -0.25) is 4.79 Å². The van der Waals surface area contributed by atoms with Crippen molar-refractivity contribution in [1.29, 1.82) is 0 Å². The normalized spacial score (nSPS) is 46.9. The van der Waals surface area contributed by atoms with Crippen molar-refractivity contribution in [3.8, 4) is 0 Å². The van der Waals surface area contributed by atoms with Crippen LogP contribution in [-0.4, -0.2) is 28.2 Å². The summed E-state index contributed by atoms with van der Waals surface area (Å²) in [5.74, 6) is 0.381. The molecule has 3 nitrogen and oxygen atoms in total. The van der Waals surface area contributed by atoms with Crippen molar-refractivity contribution < 1.29 is 9.90 Å². The molecule has 0 radical (unpaired) electrons. The molecule has 3 heteroatoms. The monoisotopic (exact) mass is 169 g/mol. The zero-order chi connectivity index (χ0) is 8.93. The average Bonchev–Trinajstić information content (AvgIpc) is 2.38. The fraction of sp³-hybridized carbons (Fsp3) is 0.889. The maximum atomic E-state index is 11.5. The molecule has 2 rings (SSSR count). The molecule has 1 N–H and O–H groups in total. The van der Waals surface area contributed by atoms with Crippen LogP contribution in [-0.2, 0) is 4.79 Å². The fourth-order valence-corrected chi connectivity index (χ4v) is 2.43. The van der Waals surface area contributed by atoms with Gasteiger partial charge in [0.2, 0.25) is 5.91 Å². The first kappa shape index (κ1) is 8.05. The van der Waals surface area contributed by atoms with Crippen molar-refractivity contribution in [3.63, 3.8) is 0 Å². The Bertz CT molecular complexity index is 229. The minimum absolute atomic E-state index is 0.0118. The highest BCUT2D eigenvalue weighted by molar-refractivity contribution is 5.82. The summed E-state index contributed by atoms with van der Waals surface area (Å²) in [7, 11) is 0. The third kappa shape index (κ3) is 0.774. The summed E-state index contributed by atoms with van der Waals surface area (Å²) >= 11 is 0. The molecule has 2 aliphatic rings. The summed E-state index contributed by atoms with van der Waals surface area (Å²) in [6.07, 6.45) is 1.56. The van der Waals surface area contributed by atoms with Gasteiger partial charge in [0.05, 0.1) is 0 Å². The SMILES string of the molecule is C[C@@H]1C[C@@]2(O)[C@H](C)CCN2C1=O. The lowest BCUT2D eigenvalue weighted by Gasteiger charge is -2.29. The Kier molecular flexibility index (Phi) is 1.49. The van der Waals surface area contributed by atoms with Crippen LogP contribution < -0.4 is 0 Å². The quantitative estimate of drug-likeness (QED) is 0.576. The van der Waals surface area contributed by atoms with Crippen LogP contribution in [0.25, 0.3) is 0 Å². The zero-order valence-corrected chi connectivity index (χ0v) is 7.58. The van der Waals surface area contributed by atoms with Gasteiger partial charge in [-0.25, -0.2) is 0 Å². The molecule has 0 saturated carbocycles. The molecule has 2 aliphatic heterocycles. The molecule has 2 saturated heterocycles. The van der Waals surface area contributed by atoms with Crippen LogP contribution in [0.1, 0.15) is 26.7 Å². The minimum atomic E-state index is -0.809. The average molecular weight is 169 g/mol. The standard InChI is InChI=1S/C9H15NO2/c1-6-5-9(12)7(2)3-4-10(9)8(6)11/h6-7,12H,3-5H2,1-2H3/t6-,7-,9-/m1/s1. The molecule has 0 aromatic rings. The summed E-state index contributed by atoms with van der Waals surface area (Å²) in [4.78, 5) is 13.2. The first-order valence-electron chi connectivity index (χ1n) is 4.59. The van der Waals surface area contributed by atoms with Crippen molar-refractivity contribution in [2.45, 2.75) is 32.4 Å². The van der Waals surface area contributed by atoms with Crippen LogP contribution in [0.4, 0.5) is 0 Å². The first-order valence-corrected chi connectivity index (χ1v) is 4.59. The molecule has 2 heterocycles. The summed E-state index contributed by atoms with van der Waals surface area (Å²) in [6.45, 7) is 4.65. The van der Waals surface area contributed by atoms with Crippen molar-refractivity contribution in [2.24, 2.45) is 11.8 Å². The molecular weight excluding hydrogens is 154 g/mol. The molecule has 0 spiro atoms. The largest absolute Gasteiger partial charge is 0.370 e. The number of amides is 1. The summed E-state index contributed by atoms with van der Waals surface area (Å²) < 4.78 is 0. The van der Waals surface area contributed by atoms with E-state index >= 15 is 0 Å². The van der Waals surface area contributed by atoms with Gasteiger partial charge in [0.1, 0.15) is 5.72 Å². The Balaban J connectivity index is 2.31. The predicted octanol–water partition coefficient (Wildman–Crippen LogP) is 0.583. The van der Waals surface area contributed by atoms with Crippen molar-refractivity contribution >= 4 is 5.91 Å². The van der Waals surface area contributed by atoms with Gasteiger partial charge in [-0.1, -0.05) is 13.8 Å². The maximum absolute atomic E-state index is 11.5. The smallest absolute Gasteiger partial charge is 0.227 e. The van der Waals surface area contributed by atoms with E-state index in [1.807, 2.05) is 13.8 Å². The Hall–Kier alpha value is -0.570. The van der Waals surface area contributed by atoms with E-state index in [1.165, 1.54) is 0 Å². The second-order valence-corrected chi connectivity index (χ2v) is 4.16. The van der Waals surface area contributed by atoms with E-state index in [2.05, 4.69) is 0 Å². The number of nitrogens with zero attached hydrogens (tertiary/aromatic N) is 1. The minimum Gasteiger partial charge on any atom is -0.370 e. The van der Waals surface area contributed by atoms with Crippen molar-refractivity contribution in [3.05, 3.63) is 0 Å². The number of rotatable bonds is 0. The Morgan fingerprint density at radius 1 is 1.58 bits per heavy atom. The van der Waals surface area contributed by atoms with Crippen LogP contribution in [0, 0.1) is 11.8 Å². The van der Waals surface area contributed by atoms with Crippen LogP contribution in [0.2, 0.25) is 0 Å². The predicted molar refractivity (Wildman–Crippen MR) is 44.2 cm³/mol. The van der Waals surface area contributed by atoms with Gasteiger partial charge in [-0.2, -0.15) is 0 Å². The summed E-state index contributed by atoms with van der Waals surface area (Å²) in [5.41, 5.74) is -0.809. The van der Waals surface area contributed by atoms with Crippen molar-refractivity contribution in [2.75, 3.05) is 6.54 Å². The summed E-state index contributed by atoms with van der Waals surface area (Å²) in [6, 6.07) is 0. The van der Waals surface area contributed by atoms with Gasteiger partial charge in [-0.05, 0) is 6.42 Å². The third-order valence-corrected chi connectivity index (χ3v) is 3.34. The molecule has 0 bridgehead atoms. The molecule has 3 atom stereocenters. The van der Waals surface area contributed by atoms with E-state index in [0.29, 0.717) is 6.42 Å². The summed E-state index contributed by atoms with van der Waals surface area (Å²) in [5, 5.41) is 10.1. The highest BCUT2D eigenvalue weighted by Crippen LogP contribution is 2.43. The molecule has 2 fully saturated rings. The van der Waals surface area contributed by atoms with Crippen LogP contribution in [0.5, 0.6) is 0 Å². The maximum Gasteiger partial charge on any atom is 0.227 e. The third-order valence-electron chi connectivity index (χ3n) is 3.34. The Labute approximate surface area is 72.4 Å². The highest BCUT2D eigenvalue weighted by Gasteiger charge is 2.54. The second kappa shape index (κ2) is 2.22. The lowest BCUT2D eigenvalue weighted by atomic mass is 9.93. The van der Waals surface area contributed by atoms with E-state index in [4.69, 9.17) is 0 Å². The number of hydrogen-bond donors (Lipinski definition) is 1. The van der Waals surface area contributed by atoms with E-state index in [9.17, 15) is 9.90 Å². The van der Waals surface area contributed by atoms with Crippen LogP contribution in [0.3, 0.4) is 0 Å². The number of hydrogen-bond acceptors (Lipinski definition) is 2. The van der Waals surface area contributed by atoms with Gasteiger partial charge in [0.15, 0.2) is 0 Å². The van der Waals surface area contributed by atoms with Gasteiger partial charge in [0.25, 0.3) is 0 Å². The number of carbonyl (C=O) groups is 1. The molecular formula is C9H15NO2. The molecule has 0 unspecified atom stereocenters. The lowest BCUT2D eigenvalue weighted by molar-refractivity contribution is -0.143. The van der Waals surface area contributed by atoms with Crippen LogP contribution >= 0.6 is 0 Å². The molecule has 12 heavy (non-hydrogen) atoms. The number of carbonyl (C=O) groups excluding carboxylic acids is 1. The highest BCUT2D eigenvalue weighted by atomic mass is 16.3. The molecule has 1 amide bonds. The van der Waals surface area contributed by atoms with E-state index in [0.717, 1.165) is 13.0 Å². The fourth-order valence-electron chi connectivity index (χ4n) is 2.43. The number of fused-ring (bicyclic) bond motifs is 1. The van der Waals surface area contributed by atoms with Crippen molar-refractivity contribution in [1.82, 2.24) is 4.90 Å². The Morgan fingerprint density at radius 3 is 2.83 bits per heavy atom. The van der Waals surface area contributed by atoms with Crippen LogP contribution in [0.15, 0.2) is 0 Å². The van der Waals surface area contributed by atoms with Gasteiger partial charge in [-0.15, -0.1) is 0 Å². The lowest BCUT2D eigenvalue weighted by Crippen LogP contribution is -2.43. The molecule has 0 aliphatic carbocycles. The first-order chi connectivity index (χ1) is 5.55. The molecule has 68 valence electrons. The molecule has 0 aromatic heterocycles. The number of aliphatic hydroxyl groups is 1. The van der Waals surface area contributed by atoms with Gasteiger partial charge < -0.3 is 10.0 Å². The van der Waals surface area contributed by atoms with E-state index in [-0.39, 0.29) is 17.7 Å². The van der Waals surface area contributed by atoms with E-state index in [1.54, 1.807) is 4.90 Å².